The van der Waals surface area contributed by atoms with Crippen LogP contribution in [0.3, 0.4) is 0 Å². The first-order valence-corrected chi connectivity index (χ1v) is 12.6. The van der Waals surface area contributed by atoms with Crippen molar-refractivity contribution in [1.82, 2.24) is 4.31 Å². The Kier molecular flexibility index (Phi) is 6.95. The summed E-state index contributed by atoms with van der Waals surface area (Å²) in [5, 5.41) is 0. The van der Waals surface area contributed by atoms with Crippen molar-refractivity contribution in [2.24, 2.45) is 0 Å². The Balaban J connectivity index is 3.38. The Morgan fingerprint density at radius 1 is 1.33 bits per heavy atom. The molecule has 0 saturated carbocycles. The molecule has 0 heterocycles. The van der Waals surface area contributed by atoms with Crippen LogP contribution >= 0.6 is 19.4 Å². The van der Waals surface area contributed by atoms with Crippen molar-refractivity contribution in [1.29, 1.82) is 0 Å². The molecular formula is C12H15Cl2NO4RuS. The number of hydrogen-bond donors (Lipinski definition) is 0. The fourth-order valence-corrected chi connectivity index (χ4v) is 4.12. The zero-order chi connectivity index (χ0) is 16.2. The van der Waals surface area contributed by atoms with Crippen molar-refractivity contribution in [2.45, 2.75) is 17.9 Å². The molecule has 1 aromatic carbocycles. The fraction of sp³-hybridized carbons (Fsp3) is 0.333. The molecule has 0 aliphatic heterocycles. The molecule has 0 aliphatic rings. The molecular weight excluding hydrogens is 426 g/mol. The van der Waals surface area contributed by atoms with Gasteiger partial charge in [0.15, 0.2) is 0 Å². The second kappa shape index (κ2) is 7.79. The maximum atomic E-state index is 12.1. The van der Waals surface area contributed by atoms with Crippen molar-refractivity contribution < 1.29 is 31.5 Å². The van der Waals surface area contributed by atoms with E-state index in [4.69, 9.17) is 24.1 Å². The van der Waals surface area contributed by atoms with Gasteiger partial charge in [-0.1, -0.05) is 0 Å². The number of sulfonamides is 1. The maximum absolute atomic E-state index is 12.1. The summed E-state index contributed by atoms with van der Waals surface area (Å²) in [6.07, 6.45) is -0.00923. The first-order valence-electron chi connectivity index (χ1n) is 5.70. The van der Waals surface area contributed by atoms with E-state index in [1.807, 2.05) is 0 Å². The summed E-state index contributed by atoms with van der Waals surface area (Å²) < 4.78 is 32.3. The minimum absolute atomic E-state index is 0.105. The van der Waals surface area contributed by atoms with Gasteiger partial charge in [-0.25, -0.2) is 0 Å². The second-order valence-corrected chi connectivity index (χ2v) is 12.1. The second-order valence-electron chi connectivity index (χ2n) is 4.25. The Bertz CT molecular complexity index is 657. The molecule has 0 bridgehead atoms. The number of hydrogen-bond acceptors (Lipinski definition) is 4. The molecule has 1 atom stereocenters. The van der Waals surface area contributed by atoms with Crippen LogP contribution in [0.4, 0.5) is 0 Å². The SMILES string of the molecule is CC(C=O)Oc1ccc(S(=O)(=O)N(C)C)cc1[CH]=[Ru]([Cl])[Cl]. The van der Waals surface area contributed by atoms with Gasteiger partial charge in [0.1, 0.15) is 0 Å². The number of carbonyl (C=O) groups is 1. The molecule has 0 fully saturated rings. The van der Waals surface area contributed by atoms with Crippen LogP contribution in [0.2, 0.25) is 0 Å². The molecule has 1 unspecified atom stereocenters. The zero-order valence-corrected chi connectivity index (χ0v) is 15.6. The first kappa shape index (κ1) is 18.7. The Hall–Kier alpha value is -0.327. The number of ether oxygens (including phenoxy) is 1. The van der Waals surface area contributed by atoms with Crippen LogP contribution in [0.1, 0.15) is 12.5 Å². The normalized spacial score (nSPS) is 13.7. The van der Waals surface area contributed by atoms with Crippen LogP contribution in [0.5, 0.6) is 5.75 Å². The van der Waals surface area contributed by atoms with Gasteiger partial charge in [0.05, 0.1) is 0 Å². The molecule has 0 aliphatic carbocycles. The van der Waals surface area contributed by atoms with Gasteiger partial charge >= 0.3 is 138 Å². The van der Waals surface area contributed by atoms with E-state index in [0.29, 0.717) is 17.6 Å². The van der Waals surface area contributed by atoms with Crippen LogP contribution in [0.15, 0.2) is 23.1 Å². The quantitative estimate of drug-likeness (QED) is 0.501. The van der Waals surface area contributed by atoms with E-state index in [9.17, 15) is 13.2 Å². The average Bonchev–Trinajstić information content (AvgIpc) is 2.39. The van der Waals surface area contributed by atoms with E-state index in [-0.39, 0.29) is 4.90 Å². The van der Waals surface area contributed by atoms with Gasteiger partial charge in [-0.05, 0) is 0 Å². The molecule has 0 saturated heterocycles. The Morgan fingerprint density at radius 2 is 1.95 bits per heavy atom. The summed E-state index contributed by atoms with van der Waals surface area (Å²) in [6, 6.07) is 4.35. The zero-order valence-electron chi connectivity index (χ0n) is 11.6. The fourth-order valence-electron chi connectivity index (χ4n) is 1.40. The van der Waals surface area contributed by atoms with Crippen molar-refractivity contribution in [3.63, 3.8) is 0 Å². The van der Waals surface area contributed by atoms with Crippen LogP contribution in [-0.2, 0) is 28.3 Å². The van der Waals surface area contributed by atoms with Crippen molar-refractivity contribution in [2.75, 3.05) is 14.1 Å². The van der Waals surface area contributed by atoms with E-state index >= 15 is 0 Å². The van der Waals surface area contributed by atoms with E-state index in [0.717, 1.165) is 4.31 Å². The van der Waals surface area contributed by atoms with E-state index in [1.165, 1.54) is 32.3 Å². The monoisotopic (exact) mass is 441 g/mol. The van der Waals surface area contributed by atoms with Crippen molar-refractivity contribution in [3.05, 3.63) is 23.8 Å². The van der Waals surface area contributed by atoms with Crippen LogP contribution in [-0.4, -0.2) is 43.8 Å². The molecule has 0 N–H and O–H groups in total. The summed E-state index contributed by atoms with van der Waals surface area (Å²) >= 11 is -2.18. The third-order valence-electron chi connectivity index (χ3n) is 2.45. The summed E-state index contributed by atoms with van der Waals surface area (Å²) in [5.41, 5.74) is 0.468. The summed E-state index contributed by atoms with van der Waals surface area (Å²) in [6.45, 7) is 1.58. The molecule has 0 aromatic heterocycles. The number of carbonyl (C=O) groups excluding carboxylic acids is 1. The number of nitrogens with zero attached hydrogens (tertiary/aromatic N) is 1. The number of rotatable bonds is 6. The van der Waals surface area contributed by atoms with Gasteiger partial charge in [-0.15, -0.1) is 0 Å². The number of halogens is 2. The molecule has 0 amide bonds. The van der Waals surface area contributed by atoms with Gasteiger partial charge in [0, 0.05) is 0 Å². The first-order chi connectivity index (χ1) is 9.68. The molecule has 1 aromatic rings. The van der Waals surface area contributed by atoms with Gasteiger partial charge in [-0.3, -0.25) is 0 Å². The molecule has 120 valence electrons. The molecule has 0 radical (unpaired) electrons. The molecule has 0 spiro atoms. The topological polar surface area (TPSA) is 63.7 Å². The standard InChI is InChI=1S/C12H15NO4S.2ClH.Ru/c1-9-7-11(18(15,16)13(3)4)5-6-12(9)17-10(2)8-14;;;/h1,5-8,10H,2-4H3;2*1H;/q;;;+2/p-2. The summed E-state index contributed by atoms with van der Waals surface area (Å²) in [4.78, 5) is 10.8. The summed E-state index contributed by atoms with van der Waals surface area (Å²) in [5.74, 6) is 0.368. The van der Waals surface area contributed by atoms with E-state index < -0.39 is 29.6 Å². The van der Waals surface area contributed by atoms with Gasteiger partial charge in [0.2, 0.25) is 0 Å². The van der Waals surface area contributed by atoms with Gasteiger partial charge in [0.25, 0.3) is 0 Å². The Morgan fingerprint density at radius 3 is 2.43 bits per heavy atom. The molecule has 21 heavy (non-hydrogen) atoms. The third kappa shape index (κ3) is 5.11. The van der Waals surface area contributed by atoms with Gasteiger partial charge in [-0.2, -0.15) is 0 Å². The molecule has 9 heteroatoms. The predicted octanol–water partition coefficient (Wildman–Crippen LogP) is 1.98. The average molecular weight is 441 g/mol. The third-order valence-corrected chi connectivity index (χ3v) is 6.10. The van der Waals surface area contributed by atoms with E-state index in [2.05, 4.69) is 0 Å². The van der Waals surface area contributed by atoms with Crippen LogP contribution in [0, 0.1) is 0 Å². The minimum atomic E-state index is -3.57. The summed E-state index contributed by atoms with van der Waals surface area (Å²) in [7, 11) is 11.0. The predicted molar refractivity (Wildman–Crippen MR) is 80.3 cm³/mol. The van der Waals surface area contributed by atoms with Gasteiger partial charge < -0.3 is 0 Å². The molecule has 1 rings (SSSR count). The van der Waals surface area contributed by atoms with Crippen molar-refractivity contribution >= 4 is 40.3 Å². The number of aldehydes is 1. The van der Waals surface area contributed by atoms with E-state index in [1.54, 1.807) is 11.5 Å². The Labute approximate surface area is 137 Å². The van der Waals surface area contributed by atoms with Crippen LogP contribution in [0.25, 0.3) is 0 Å². The number of benzene rings is 1. The van der Waals surface area contributed by atoms with Crippen LogP contribution < -0.4 is 4.74 Å². The van der Waals surface area contributed by atoms with Crippen molar-refractivity contribution in [3.8, 4) is 5.75 Å². The molecule has 5 nitrogen and oxygen atoms in total.